The molecule has 0 aromatic heterocycles. The summed E-state index contributed by atoms with van der Waals surface area (Å²) in [7, 11) is 5.34. The number of aliphatic hydroxyl groups is 1. The second-order valence-corrected chi connectivity index (χ2v) is 11.3. The quantitative estimate of drug-likeness (QED) is 0.118. The normalized spacial score (nSPS) is 15.8. The number of likely N-dealkylation sites (N-methyl/N-ethyl adjacent to an activating group) is 1. The summed E-state index contributed by atoms with van der Waals surface area (Å²) < 4.78 is 17.6. The first-order valence-electron chi connectivity index (χ1n) is 14.8. The van der Waals surface area contributed by atoms with Crippen molar-refractivity contribution >= 4 is 17.4 Å². The van der Waals surface area contributed by atoms with Gasteiger partial charge in [0.1, 0.15) is 24.7 Å². The van der Waals surface area contributed by atoms with E-state index in [1.165, 1.54) is 4.90 Å². The van der Waals surface area contributed by atoms with E-state index in [0.717, 1.165) is 16.7 Å². The lowest BCUT2D eigenvalue weighted by Crippen LogP contribution is -2.35. The second kappa shape index (κ2) is 14.1. The van der Waals surface area contributed by atoms with Crippen LogP contribution in [0.3, 0.4) is 0 Å². The van der Waals surface area contributed by atoms with Crippen LogP contribution in [0.1, 0.15) is 33.9 Å². The molecule has 0 spiro atoms. The van der Waals surface area contributed by atoms with Crippen molar-refractivity contribution in [3.05, 3.63) is 130 Å². The first-order valence-corrected chi connectivity index (χ1v) is 14.8. The molecular formula is C37H38N2O6. The number of aryl methyl sites for hydroxylation is 1. The molecule has 232 valence electrons. The van der Waals surface area contributed by atoms with Gasteiger partial charge in [-0.1, -0.05) is 66.2 Å². The molecule has 1 aliphatic heterocycles. The van der Waals surface area contributed by atoms with Gasteiger partial charge in [0, 0.05) is 18.7 Å². The largest absolute Gasteiger partial charge is 0.507 e. The van der Waals surface area contributed by atoms with Crippen molar-refractivity contribution in [1.82, 2.24) is 9.80 Å². The Balaban J connectivity index is 1.45. The number of ketones is 1. The summed E-state index contributed by atoms with van der Waals surface area (Å²) in [6.07, 6.45) is 0. The summed E-state index contributed by atoms with van der Waals surface area (Å²) in [5.74, 6) is -0.0520. The molecule has 0 saturated carbocycles. The van der Waals surface area contributed by atoms with Crippen molar-refractivity contribution in [3.8, 4) is 17.2 Å². The minimum absolute atomic E-state index is 0.0205. The number of methoxy groups -OCH3 is 1. The maximum absolute atomic E-state index is 13.5. The van der Waals surface area contributed by atoms with E-state index in [-0.39, 0.29) is 11.3 Å². The standard InChI is InChI=1S/C37H38N2O6/c1-25-9-8-12-27(21-25)24-44-30-16-13-28(14-17-30)35(40)33-34(39(20-19-38(2)3)37(42)36(33)41)29-15-18-31(32(22-29)43-4)45-23-26-10-6-5-7-11-26/h5-18,21-22,34,40H,19-20,23-24H2,1-4H3. The van der Waals surface area contributed by atoms with E-state index in [4.69, 9.17) is 14.2 Å². The lowest BCUT2D eigenvalue weighted by atomic mass is 9.95. The van der Waals surface area contributed by atoms with Crippen LogP contribution in [0, 0.1) is 6.92 Å². The van der Waals surface area contributed by atoms with Crippen LogP contribution in [0.25, 0.3) is 5.76 Å². The topological polar surface area (TPSA) is 88.5 Å². The number of Topliss-reactive ketones (excluding diaryl/α,β-unsaturated/α-hetero) is 1. The number of ether oxygens (including phenoxy) is 3. The lowest BCUT2D eigenvalue weighted by molar-refractivity contribution is -0.140. The molecule has 1 amide bonds. The predicted octanol–water partition coefficient (Wildman–Crippen LogP) is 6.14. The van der Waals surface area contributed by atoms with Crippen molar-refractivity contribution in [3.63, 3.8) is 0 Å². The first-order chi connectivity index (χ1) is 21.7. The van der Waals surface area contributed by atoms with Gasteiger partial charge in [-0.3, -0.25) is 9.59 Å². The summed E-state index contributed by atoms with van der Waals surface area (Å²) in [6, 6.07) is 29.2. The smallest absolute Gasteiger partial charge is 0.295 e. The van der Waals surface area contributed by atoms with Crippen LogP contribution >= 0.6 is 0 Å². The number of benzene rings is 4. The zero-order valence-electron chi connectivity index (χ0n) is 26.0. The van der Waals surface area contributed by atoms with Gasteiger partial charge < -0.3 is 29.1 Å². The van der Waals surface area contributed by atoms with E-state index < -0.39 is 17.7 Å². The SMILES string of the molecule is COc1cc(C2C(=C(O)c3ccc(OCc4cccc(C)c4)cc3)C(=O)C(=O)N2CCN(C)C)ccc1OCc1ccccc1. The van der Waals surface area contributed by atoms with Crippen LogP contribution < -0.4 is 14.2 Å². The van der Waals surface area contributed by atoms with Crippen LogP contribution in [-0.4, -0.2) is 60.9 Å². The van der Waals surface area contributed by atoms with E-state index >= 15 is 0 Å². The van der Waals surface area contributed by atoms with E-state index in [0.29, 0.717) is 54.7 Å². The van der Waals surface area contributed by atoms with Gasteiger partial charge >= 0.3 is 0 Å². The third kappa shape index (κ3) is 7.36. The fraction of sp³-hybridized carbons (Fsp3) is 0.243. The van der Waals surface area contributed by atoms with Crippen molar-refractivity contribution in [2.75, 3.05) is 34.3 Å². The summed E-state index contributed by atoms with van der Waals surface area (Å²) >= 11 is 0. The number of nitrogens with zero attached hydrogens (tertiary/aromatic N) is 2. The molecule has 0 aliphatic carbocycles. The maximum Gasteiger partial charge on any atom is 0.295 e. The number of hydrogen-bond donors (Lipinski definition) is 1. The van der Waals surface area contributed by atoms with Crippen LogP contribution in [0.2, 0.25) is 0 Å². The summed E-state index contributed by atoms with van der Waals surface area (Å²) in [4.78, 5) is 30.3. The number of hydrogen-bond acceptors (Lipinski definition) is 7. The highest BCUT2D eigenvalue weighted by molar-refractivity contribution is 6.46. The molecule has 1 unspecified atom stereocenters. The van der Waals surface area contributed by atoms with E-state index in [9.17, 15) is 14.7 Å². The number of carbonyl (C=O) groups excluding carboxylic acids is 2. The number of carbonyl (C=O) groups is 2. The Labute approximate surface area is 264 Å². The average molecular weight is 607 g/mol. The molecule has 4 aromatic carbocycles. The van der Waals surface area contributed by atoms with Gasteiger partial charge in [-0.2, -0.15) is 0 Å². The number of aliphatic hydroxyl groups excluding tert-OH is 1. The molecule has 1 heterocycles. The molecule has 1 fully saturated rings. The molecule has 4 aromatic rings. The molecule has 45 heavy (non-hydrogen) atoms. The van der Waals surface area contributed by atoms with E-state index in [1.54, 1.807) is 49.6 Å². The van der Waals surface area contributed by atoms with Crippen LogP contribution in [0.15, 0.2) is 103 Å². The molecule has 8 nitrogen and oxygen atoms in total. The molecule has 5 rings (SSSR count). The molecule has 1 atom stereocenters. The summed E-state index contributed by atoms with van der Waals surface area (Å²) in [5, 5.41) is 11.5. The summed E-state index contributed by atoms with van der Waals surface area (Å²) in [5.41, 5.74) is 4.26. The van der Waals surface area contributed by atoms with Gasteiger partial charge in [-0.15, -0.1) is 0 Å². The van der Waals surface area contributed by atoms with Gasteiger partial charge in [0.2, 0.25) is 0 Å². The molecule has 1 saturated heterocycles. The van der Waals surface area contributed by atoms with Gasteiger partial charge in [0.15, 0.2) is 11.5 Å². The zero-order chi connectivity index (χ0) is 31.9. The Morgan fingerprint density at radius 2 is 1.53 bits per heavy atom. The Kier molecular flexibility index (Phi) is 9.85. The van der Waals surface area contributed by atoms with Crippen LogP contribution in [0.5, 0.6) is 17.2 Å². The predicted molar refractivity (Wildman–Crippen MR) is 173 cm³/mol. The Hall–Kier alpha value is -5.08. The fourth-order valence-corrected chi connectivity index (χ4v) is 5.31. The lowest BCUT2D eigenvalue weighted by Gasteiger charge is -2.27. The minimum atomic E-state index is -0.820. The molecular weight excluding hydrogens is 568 g/mol. The Bertz CT molecular complexity index is 1680. The molecule has 1 N–H and O–H groups in total. The maximum atomic E-state index is 13.5. The number of rotatable bonds is 12. The van der Waals surface area contributed by atoms with Gasteiger partial charge in [-0.25, -0.2) is 0 Å². The number of amides is 1. The van der Waals surface area contributed by atoms with Crippen LogP contribution in [0.4, 0.5) is 0 Å². The van der Waals surface area contributed by atoms with Gasteiger partial charge in [0.05, 0.1) is 18.7 Å². The van der Waals surface area contributed by atoms with Crippen molar-refractivity contribution in [1.29, 1.82) is 0 Å². The monoisotopic (exact) mass is 606 g/mol. The third-order valence-corrected chi connectivity index (χ3v) is 7.68. The highest BCUT2D eigenvalue weighted by Crippen LogP contribution is 2.42. The van der Waals surface area contributed by atoms with Crippen molar-refractivity contribution in [2.24, 2.45) is 0 Å². The fourth-order valence-electron chi connectivity index (χ4n) is 5.31. The van der Waals surface area contributed by atoms with Crippen molar-refractivity contribution < 1.29 is 28.9 Å². The Morgan fingerprint density at radius 3 is 2.22 bits per heavy atom. The third-order valence-electron chi connectivity index (χ3n) is 7.68. The highest BCUT2D eigenvalue weighted by atomic mass is 16.5. The van der Waals surface area contributed by atoms with Gasteiger partial charge in [0.25, 0.3) is 11.7 Å². The summed E-state index contributed by atoms with van der Waals surface area (Å²) in [6.45, 7) is 3.60. The van der Waals surface area contributed by atoms with Gasteiger partial charge in [-0.05, 0) is 74.1 Å². The van der Waals surface area contributed by atoms with E-state index in [1.807, 2.05) is 74.4 Å². The molecule has 0 radical (unpaired) electrons. The molecule has 0 bridgehead atoms. The van der Waals surface area contributed by atoms with E-state index in [2.05, 4.69) is 6.07 Å². The average Bonchev–Trinajstić information content (AvgIpc) is 3.31. The number of likely N-dealkylation sites (tertiary alicyclic amines) is 1. The second-order valence-electron chi connectivity index (χ2n) is 11.3. The minimum Gasteiger partial charge on any atom is -0.507 e. The Morgan fingerprint density at radius 1 is 0.822 bits per heavy atom. The highest BCUT2D eigenvalue weighted by Gasteiger charge is 2.46. The zero-order valence-corrected chi connectivity index (χ0v) is 26.0. The molecule has 8 heteroatoms. The van der Waals surface area contributed by atoms with Crippen LogP contribution in [-0.2, 0) is 22.8 Å². The molecule has 1 aliphatic rings. The first kappa shape index (κ1) is 31.3. The van der Waals surface area contributed by atoms with Crippen molar-refractivity contribution in [2.45, 2.75) is 26.2 Å².